The van der Waals surface area contributed by atoms with E-state index in [1.54, 1.807) is 4.90 Å². The van der Waals surface area contributed by atoms with E-state index in [-0.39, 0.29) is 17.7 Å². The maximum atomic E-state index is 11.8. The Morgan fingerprint density at radius 2 is 2.15 bits per heavy atom. The van der Waals surface area contributed by atoms with Gasteiger partial charge in [-0.3, -0.25) is 9.59 Å². The van der Waals surface area contributed by atoms with Crippen LogP contribution in [0.1, 0.15) is 24.0 Å². The van der Waals surface area contributed by atoms with Gasteiger partial charge in [0.2, 0.25) is 11.8 Å². The van der Waals surface area contributed by atoms with Gasteiger partial charge in [-0.25, -0.2) is 0 Å². The summed E-state index contributed by atoms with van der Waals surface area (Å²) in [4.78, 5) is 25.0. The third kappa shape index (κ3) is 3.83. The van der Waals surface area contributed by atoms with Crippen molar-refractivity contribution in [1.82, 2.24) is 10.2 Å². The van der Waals surface area contributed by atoms with Gasteiger partial charge in [-0.15, -0.1) is 0 Å². The first kappa shape index (κ1) is 14.6. The number of likely N-dealkylation sites (tertiary alicyclic amines) is 1. The minimum Gasteiger partial charge on any atom is -0.356 e. The minimum absolute atomic E-state index is 0.0651. The summed E-state index contributed by atoms with van der Waals surface area (Å²) in [5, 5.41) is 2.94. The summed E-state index contributed by atoms with van der Waals surface area (Å²) >= 11 is 0. The lowest BCUT2D eigenvalue weighted by Crippen LogP contribution is -2.30. The molecule has 1 saturated heterocycles. The molecule has 0 aliphatic carbocycles. The number of nitrogens with one attached hydrogen (secondary N) is 1. The molecule has 2 rings (SSSR count). The Bertz CT molecular complexity index is 499. The van der Waals surface area contributed by atoms with Gasteiger partial charge >= 0.3 is 0 Å². The second kappa shape index (κ2) is 6.55. The van der Waals surface area contributed by atoms with Crippen LogP contribution >= 0.6 is 0 Å². The number of amides is 2. The summed E-state index contributed by atoms with van der Waals surface area (Å²) in [5.41, 5.74) is 2.45. The Labute approximate surface area is 120 Å². The highest BCUT2D eigenvalue weighted by Gasteiger charge is 2.26. The van der Waals surface area contributed by atoms with Crippen molar-refractivity contribution in [3.63, 3.8) is 0 Å². The zero-order valence-corrected chi connectivity index (χ0v) is 12.2. The lowest BCUT2D eigenvalue weighted by Gasteiger charge is -2.11. The monoisotopic (exact) mass is 274 g/mol. The van der Waals surface area contributed by atoms with Crippen LogP contribution in [0.3, 0.4) is 0 Å². The largest absolute Gasteiger partial charge is 0.356 e. The van der Waals surface area contributed by atoms with E-state index in [1.807, 2.05) is 19.2 Å². The molecule has 108 valence electrons. The number of rotatable bonds is 5. The summed E-state index contributed by atoms with van der Waals surface area (Å²) in [5.74, 6) is 0.495. The molecule has 1 aromatic carbocycles. The molecule has 1 fully saturated rings. The van der Waals surface area contributed by atoms with E-state index in [4.69, 9.17) is 0 Å². The van der Waals surface area contributed by atoms with Crippen molar-refractivity contribution in [3.8, 4) is 0 Å². The second-order valence-electron chi connectivity index (χ2n) is 5.57. The van der Waals surface area contributed by atoms with Gasteiger partial charge < -0.3 is 10.2 Å². The number of nitrogens with zero attached hydrogens (tertiary/aromatic N) is 1. The zero-order valence-electron chi connectivity index (χ0n) is 12.2. The van der Waals surface area contributed by atoms with E-state index < -0.39 is 0 Å². The molecule has 1 heterocycles. The summed E-state index contributed by atoms with van der Waals surface area (Å²) in [6.45, 7) is 3.41. The topological polar surface area (TPSA) is 49.4 Å². The second-order valence-corrected chi connectivity index (χ2v) is 5.57. The quantitative estimate of drug-likeness (QED) is 0.885. The Kier molecular flexibility index (Phi) is 4.77. The van der Waals surface area contributed by atoms with Crippen LogP contribution in [-0.4, -0.2) is 36.9 Å². The van der Waals surface area contributed by atoms with E-state index >= 15 is 0 Å². The van der Waals surface area contributed by atoms with E-state index in [9.17, 15) is 9.59 Å². The molecule has 1 atom stereocenters. The van der Waals surface area contributed by atoms with Crippen molar-refractivity contribution in [1.29, 1.82) is 0 Å². The highest BCUT2D eigenvalue weighted by molar-refractivity contribution is 5.79. The summed E-state index contributed by atoms with van der Waals surface area (Å²) in [6.07, 6.45) is 1.82. The Balaban J connectivity index is 1.71. The fraction of sp³-hybridized carbons (Fsp3) is 0.500. The summed E-state index contributed by atoms with van der Waals surface area (Å²) in [7, 11) is 1.81. The fourth-order valence-electron chi connectivity index (χ4n) is 2.58. The van der Waals surface area contributed by atoms with Crippen LogP contribution in [0, 0.1) is 12.8 Å². The maximum Gasteiger partial charge on any atom is 0.222 e. The lowest BCUT2D eigenvalue weighted by atomic mass is 10.0. The maximum absolute atomic E-state index is 11.8. The molecule has 4 nitrogen and oxygen atoms in total. The predicted molar refractivity (Wildman–Crippen MR) is 78.3 cm³/mol. The molecule has 20 heavy (non-hydrogen) atoms. The minimum atomic E-state index is 0.0651. The van der Waals surface area contributed by atoms with Gasteiger partial charge in [0.05, 0.1) is 0 Å². The average molecular weight is 274 g/mol. The highest BCUT2D eigenvalue weighted by Crippen LogP contribution is 2.15. The van der Waals surface area contributed by atoms with Crippen molar-refractivity contribution < 1.29 is 9.59 Å². The first-order chi connectivity index (χ1) is 9.56. The van der Waals surface area contributed by atoms with Crippen LogP contribution in [0.25, 0.3) is 0 Å². The van der Waals surface area contributed by atoms with Crippen LogP contribution in [-0.2, 0) is 16.0 Å². The Morgan fingerprint density at radius 3 is 2.80 bits per heavy atom. The average Bonchev–Trinajstić information content (AvgIpc) is 2.75. The van der Waals surface area contributed by atoms with E-state index in [0.717, 1.165) is 13.0 Å². The number of carbonyl (C=O) groups excluding carboxylic acids is 2. The molecule has 2 amide bonds. The molecule has 1 aromatic rings. The molecular formula is C16H22N2O2. The van der Waals surface area contributed by atoms with Gasteiger partial charge in [0, 0.05) is 38.9 Å². The van der Waals surface area contributed by atoms with Crippen molar-refractivity contribution in [3.05, 3.63) is 35.4 Å². The van der Waals surface area contributed by atoms with E-state index in [1.165, 1.54) is 11.1 Å². The van der Waals surface area contributed by atoms with Gasteiger partial charge in [-0.05, 0) is 24.5 Å². The molecular weight excluding hydrogens is 252 g/mol. The van der Waals surface area contributed by atoms with Crippen LogP contribution in [0.5, 0.6) is 0 Å². The Hall–Kier alpha value is -1.84. The normalized spacial score (nSPS) is 18.4. The van der Waals surface area contributed by atoms with E-state index in [2.05, 4.69) is 24.4 Å². The Morgan fingerprint density at radius 1 is 1.40 bits per heavy atom. The molecule has 0 aromatic heterocycles. The number of hydrogen-bond acceptors (Lipinski definition) is 2. The van der Waals surface area contributed by atoms with Crippen LogP contribution in [0.4, 0.5) is 0 Å². The van der Waals surface area contributed by atoms with Crippen LogP contribution in [0.15, 0.2) is 24.3 Å². The molecule has 4 heteroatoms. The lowest BCUT2D eigenvalue weighted by molar-refractivity contribution is -0.126. The molecule has 1 aliphatic heterocycles. The molecule has 0 radical (unpaired) electrons. The molecule has 0 bridgehead atoms. The molecule has 1 aliphatic rings. The van der Waals surface area contributed by atoms with Gasteiger partial charge in [0.1, 0.15) is 0 Å². The standard InChI is InChI=1S/C16H22N2O2/c1-12-5-3-4-6-14(12)7-8-15(19)17-10-13-9-16(20)18(2)11-13/h3-6,13H,7-11H2,1-2H3,(H,17,19). The zero-order chi connectivity index (χ0) is 14.5. The first-order valence-corrected chi connectivity index (χ1v) is 7.11. The molecule has 1 unspecified atom stereocenters. The van der Waals surface area contributed by atoms with E-state index in [0.29, 0.717) is 19.4 Å². The molecule has 0 spiro atoms. The highest BCUT2D eigenvalue weighted by atomic mass is 16.2. The molecule has 0 saturated carbocycles. The van der Waals surface area contributed by atoms with Crippen LogP contribution in [0.2, 0.25) is 0 Å². The third-order valence-corrected chi connectivity index (χ3v) is 3.89. The van der Waals surface area contributed by atoms with Crippen LogP contribution < -0.4 is 5.32 Å². The molecule has 1 N–H and O–H groups in total. The van der Waals surface area contributed by atoms with Crippen molar-refractivity contribution in [2.24, 2.45) is 5.92 Å². The van der Waals surface area contributed by atoms with Crippen molar-refractivity contribution >= 4 is 11.8 Å². The third-order valence-electron chi connectivity index (χ3n) is 3.89. The smallest absolute Gasteiger partial charge is 0.222 e. The van der Waals surface area contributed by atoms with Gasteiger partial charge in [0.15, 0.2) is 0 Å². The summed E-state index contributed by atoms with van der Waals surface area (Å²) < 4.78 is 0. The number of benzene rings is 1. The van der Waals surface area contributed by atoms with Gasteiger partial charge in [-0.1, -0.05) is 24.3 Å². The number of carbonyl (C=O) groups is 2. The predicted octanol–water partition coefficient (Wildman–Crippen LogP) is 1.52. The summed E-state index contributed by atoms with van der Waals surface area (Å²) in [6, 6.07) is 8.13. The number of hydrogen-bond donors (Lipinski definition) is 1. The first-order valence-electron chi connectivity index (χ1n) is 7.11. The fourth-order valence-corrected chi connectivity index (χ4v) is 2.58. The van der Waals surface area contributed by atoms with Gasteiger partial charge in [0.25, 0.3) is 0 Å². The number of aryl methyl sites for hydroxylation is 2. The van der Waals surface area contributed by atoms with Crippen molar-refractivity contribution in [2.45, 2.75) is 26.2 Å². The van der Waals surface area contributed by atoms with Gasteiger partial charge in [-0.2, -0.15) is 0 Å². The SMILES string of the molecule is Cc1ccccc1CCC(=O)NCC1CC(=O)N(C)C1. The van der Waals surface area contributed by atoms with Crippen molar-refractivity contribution in [2.75, 3.05) is 20.1 Å².